The summed E-state index contributed by atoms with van der Waals surface area (Å²) >= 11 is -0.133. The van der Waals surface area contributed by atoms with Crippen molar-refractivity contribution >= 4 is 50.6 Å². The number of allylic oxidation sites excluding steroid dienone is 3. The van der Waals surface area contributed by atoms with Crippen molar-refractivity contribution < 1.29 is 24.0 Å². The van der Waals surface area contributed by atoms with Crippen LogP contribution in [0.1, 0.15) is 47.6 Å². The Morgan fingerprint density at radius 1 is 1.11 bits per heavy atom. The van der Waals surface area contributed by atoms with Gasteiger partial charge in [0.1, 0.15) is 6.04 Å². The minimum atomic E-state index is -1.62. The number of aliphatic hydroxyl groups is 1. The van der Waals surface area contributed by atoms with E-state index in [0.29, 0.717) is 30.0 Å². The number of ether oxygens (including phenoxy) is 1. The van der Waals surface area contributed by atoms with E-state index in [4.69, 9.17) is 4.74 Å². The van der Waals surface area contributed by atoms with Gasteiger partial charge in [0.15, 0.2) is 4.90 Å². The Bertz CT molecular complexity index is 2080. The molecule has 0 aliphatic heterocycles. The number of thiazole rings is 1. The van der Waals surface area contributed by atoms with Crippen LogP contribution in [-0.4, -0.2) is 66.5 Å². The summed E-state index contributed by atoms with van der Waals surface area (Å²) in [4.78, 5) is 32.0. The number of nitrogens with one attached hydrogen (secondary N) is 2. The van der Waals surface area contributed by atoms with Gasteiger partial charge in [-0.05, 0) is 61.9 Å². The molecule has 2 aromatic heterocycles. The number of benzene rings is 3. The van der Waals surface area contributed by atoms with Gasteiger partial charge in [0, 0.05) is 36.5 Å². The summed E-state index contributed by atoms with van der Waals surface area (Å²) in [5, 5.41) is 21.2. The van der Waals surface area contributed by atoms with Crippen molar-refractivity contribution in [1.82, 2.24) is 24.4 Å². The first-order chi connectivity index (χ1) is 25.7. The van der Waals surface area contributed by atoms with Gasteiger partial charge in [-0.25, -0.2) is 9.78 Å². The van der Waals surface area contributed by atoms with Gasteiger partial charge in [0.25, 0.3) is 0 Å². The van der Waals surface area contributed by atoms with Crippen LogP contribution in [0.15, 0.2) is 113 Å². The number of carbonyl (C=O) groups excluding carboxylic acids is 2. The predicted molar refractivity (Wildman–Crippen MR) is 209 cm³/mol. The Morgan fingerprint density at radius 3 is 2.62 bits per heavy atom. The molecule has 4 atom stereocenters. The van der Waals surface area contributed by atoms with Crippen LogP contribution in [0.3, 0.4) is 0 Å². The van der Waals surface area contributed by atoms with Crippen molar-refractivity contribution in [2.75, 3.05) is 19.0 Å². The number of carbonyl (C=O) groups is 2. The first-order valence-corrected chi connectivity index (χ1v) is 19.5. The minimum Gasteiger partial charge on any atom is -0.593 e. The highest BCUT2D eigenvalue weighted by atomic mass is 32.2. The molecule has 13 heteroatoms. The maximum absolute atomic E-state index is 14.3. The van der Waals surface area contributed by atoms with E-state index >= 15 is 0 Å². The lowest BCUT2D eigenvalue weighted by Crippen LogP contribution is -2.48. The van der Waals surface area contributed by atoms with Crippen molar-refractivity contribution in [3.05, 3.63) is 131 Å². The Hall–Kier alpha value is -4.79. The first kappa shape index (κ1) is 38.0. The molecule has 6 rings (SSSR count). The van der Waals surface area contributed by atoms with E-state index in [1.165, 1.54) is 18.4 Å². The summed E-state index contributed by atoms with van der Waals surface area (Å²) in [6.07, 6.45) is 9.76. The third-order valence-electron chi connectivity index (χ3n) is 9.48. The van der Waals surface area contributed by atoms with Crippen LogP contribution in [0.5, 0.6) is 0 Å². The number of fused-ring (bicyclic) bond motifs is 1. The SMILES string of the molecule is COC(=O)N[C@H](C(=O)Nc1ccccc1CC[C@@H](CO)N(Cc1cn(C)nc1C)[S+]([O-])c1ccc2ncsc2c1)C(C1=CC=CCC1)c1ccccc1. The molecule has 276 valence electrons. The predicted octanol–water partition coefficient (Wildman–Crippen LogP) is 6.58. The van der Waals surface area contributed by atoms with Crippen molar-refractivity contribution in [3.8, 4) is 0 Å². The maximum Gasteiger partial charge on any atom is 0.407 e. The van der Waals surface area contributed by atoms with Crippen LogP contribution in [0, 0.1) is 6.92 Å². The molecule has 11 nitrogen and oxygen atoms in total. The molecular formula is C40H44N6O5S2. The van der Waals surface area contributed by atoms with Gasteiger partial charge in [-0.3, -0.25) is 9.48 Å². The third kappa shape index (κ3) is 9.24. The molecule has 2 unspecified atom stereocenters. The summed E-state index contributed by atoms with van der Waals surface area (Å²) in [5.41, 5.74) is 7.68. The highest BCUT2D eigenvalue weighted by Crippen LogP contribution is 2.34. The lowest BCUT2D eigenvalue weighted by atomic mass is 9.80. The van der Waals surface area contributed by atoms with Crippen LogP contribution in [0.4, 0.5) is 10.5 Å². The monoisotopic (exact) mass is 752 g/mol. The largest absolute Gasteiger partial charge is 0.593 e. The van der Waals surface area contributed by atoms with Gasteiger partial charge in [-0.1, -0.05) is 72.3 Å². The summed E-state index contributed by atoms with van der Waals surface area (Å²) in [6, 6.07) is 21.3. The Kier molecular flexibility index (Phi) is 12.8. The van der Waals surface area contributed by atoms with Crippen molar-refractivity contribution in [2.45, 2.75) is 62.0 Å². The van der Waals surface area contributed by atoms with Crippen LogP contribution in [0.25, 0.3) is 10.2 Å². The molecule has 0 saturated carbocycles. The molecule has 0 spiro atoms. The van der Waals surface area contributed by atoms with Gasteiger partial charge in [0.2, 0.25) is 5.91 Å². The quantitative estimate of drug-likeness (QED) is 0.102. The summed E-state index contributed by atoms with van der Waals surface area (Å²) < 4.78 is 23.8. The van der Waals surface area contributed by atoms with E-state index in [1.54, 1.807) is 10.2 Å². The lowest BCUT2D eigenvalue weighted by molar-refractivity contribution is -0.118. The summed E-state index contributed by atoms with van der Waals surface area (Å²) in [7, 11) is 3.13. The van der Waals surface area contributed by atoms with Crippen molar-refractivity contribution in [1.29, 1.82) is 0 Å². The normalized spacial score (nSPS) is 15.1. The van der Waals surface area contributed by atoms with Crippen LogP contribution >= 0.6 is 11.3 Å². The number of para-hydroxylation sites is 1. The number of rotatable bonds is 15. The number of nitrogens with zero attached hydrogens (tertiary/aromatic N) is 4. The molecule has 1 aliphatic carbocycles. The number of methoxy groups -OCH3 is 1. The average Bonchev–Trinajstić information content (AvgIpc) is 3.79. The van der Waals surface area contributed by atoms with Crippen molar-refractivity contribution in [3.63, 3.8) is 0 Å². The van der Waals surface area contributed by atoms with Gasteiger partial charge in [0.05, 0.1) is 59.1 Å². The van der Waals surface area contributed by atoms with Crippen LogP contribution in [-0.2, 0) is 40.9 Å². The van der Waals surface area contributed by atoms with E-state index in [0.717, 1.165) is 51.0 Å². The number of hydrogen-bond acceptors (Lipinski definition) is 9. The molecular weight excluding hydrogens is 709 g/mol. The number of aryl methyl sites for hydroxylation is 3. The molecule has 0 radical (unpaired) electrons. The second-order valence-electron chi connectivity index (χ2n) is 13.0. The molecule has 3 aromatic carbocycles. The number of anilines is 1. The fraction of sp³-hybridized carbons (Fsp3) is 0.300. The number of alkyl carbamates (subject to hydrolysis) is 1. The minimum absolute atomic E-state index is 0.240. The zero-order valence-electron chi connectivity index (χ0n) is 30.0. The molecule has 53 heavy (non-hydrogen) atoms. The number of hydrogen-bond donors (Lipinski definition) is 3. The molecule has 5 aromatic rings. The van der Waals surface area contributed by atoms with Gasteiger partial charge in [-0.15, -0.1) is 15.6 Å². The highest BCUT2D eigenvalue weighted by molar-refractivity contribution is 7.89. The highest BCUT2D eigenvalue weighted by Gasteiger charge is 2.35. The second kappa shape index (κ2) is 17.8. The van der Waals surface area contributed by atoms with E-state index < -0.39 is 35.5 Å². The summed E-state index contributed by atoms with van der Waals surface area (Å²) in [5.74, 6) is -0.825. The smallest absolute Gasteiger partial charge is 0.407 e. The molecule has 0 saturated heterocycles. The van der Waals surface area contributed by atoms with Gasteiger partial charge >= 0.3 is 6.09 Å². The topological polar surface area (TPSA) is 145 Å². The molecule has 2 heterocycles. The van der Waals surface area contributed by atoms with Crippen molar-refractivity contribution in [2.24, 2.45) is 7.05 Å². The van der Waals surface area contributed by atoms with Crippen LogP contribution < -0.4 is 10.6 Å². The first-order valence-electron chi connectivity index (χ1n) is 17.5. The zero-order valence-corrected chi connectivity index (χ0v) is 31.6. The number of amides is 2. The number of aromatic nitrogens is 3. The fourth-order valence-corrected chi connectivity index (χ4v) is 8.91. The molecule has 2 amide bonds. The van der Waals surface area contributed by atoms with E-state index in [-0.39, 0.29) is 12.5 Å². The van der Waals surface area contributed by atoms with Gasteiger partial charge < -0.3 is 25.0 Å². The second-order valence-corrected chi connectivity index (χ2v) is 15.3. The maximum atomic E-state index is 14.3. The number of aliphatic hydroxyl groups excluding tert-OH is 1. The Balaban J connectivity index is 1.26. The van der Waals surface area contributed by atoms with Crippen LogP contribution in [0.2, 0.25) is 0 Å². The van der Waals surface area contributed by atoms with Gasteiger partial charge in [-0.2, -0.15) is 5.10 Å². The zero-order chi connectivity index (χ0) is 37.3. The molecule has 0 bridgehead atoms. The summed E-state index contributed by atoms with van der Waals surface area (Å²) in [6.45, 7) is 1.98. The van der Waals surface area contributed by atoms with E-state index in [2.05, 4.69) is 26.8 Å². The Labute approximate surface area is 316 Å². The average molecular weight is 753 g/mol. The molecule has 3 N–H and O–H groups in total. The standard InChI is InChI=1S/C40H44N6O5S2/c1-27-31(23-45(2)44-27)24-46(53(50)33-20-21-35-36(22-33)52-26-41-35)32(25-47)19-18-28-12-10-11-17-34(28)42-39(48)38(43-40(49)51-3)37(29-13-6-4-7-14-29)30-15-8-5-9-16-30/h4-8,10-15,17,20-23,26,32,37-38,47H,9,16,18-19,24-25H2,1-3H3,(H,42,48)(H,43,49)/t32-,37?,38-,53?/m0/s1. The lowest BCUT2D eigenvalue weighted by Gasteiger charge is -2.31. The third-order valence-corrected chi connectivity index (χ3v) is 11.8. The van der Waals surface area contributed by atoms with E-state index in [1.807, 2.05) is 109 Å². The van der Waals surface area contributed by atoms with E-state index in [9.17, 15) is 19.2 Å². The Morgan fingerprint density at radius 2 is 1.91 bits per heavy atom. The molecule has 0 fully saturated rings. The fourth-order valence-electron chi connectivity index (χ4n) is 6.74. The molecule has 1 aliphatic rings.